The highest BCUT2D eigenvalue weighted by atomic mass is 35.5. The second kappa shape index (κ2) is 6.90. The van der Waals surface area contributed by atoms with Gasteiger partial charge in [0.15, 0.2) is 0 Å². The lowest BCUT2D eigenvalue weighted by atomic mass is 10.1. The Balaban J connectivity index is 1.71. The van der Waals surface area contributed by atoms with Crippen LogP contribution in [0.1, 0.15) is 36.0 Å². The molecule has 3 rings (SSSR count). The molecule has 3 heterocycles. The van der Waals surface area contributed by atoms with Gasteiger partial charge in [0.25, 0.3) is 0 Å². The fourth-order valence-corrected chi connectivity index (χ4v) is 3.10. The second-order valence-electron chi connectivity index (χ2n) is 5.55. The third-order valence-electron chi connectivity index (χ3n) is 3.82. The Morgan fingerprint density at radius 1 is 1.23 bits per heavy atom. The molecule has 0 fully saturated rings. The third kappa shape index (κ3) is 3.57. The average molecular weight is 337 g/mol. The van der Waals surface area contributed by atoms with Crippen LogP contribution in [-0.4, -0.2) is 26.4 Å². The van der Waals surface area contributed by atoms with E-state index in [-0.39, 0.29) is 0 Å². The molecule has 0 amide bonds. The highest BCUT2D eigenvalue weighted by molar-refractivity contribution is 6.32. The van der Waals surface area contributed by atoms with Crippen LogP contribution in [0.15, 0.2) is 18.3 Å². The molecule has 0 aliphatic carbocycles. The molecule has 0 saturated carbocycles. The predicted octanol–water partition coefficient (Wildman–Crippen LogP) is 3.69. The number of hydrogen-bond donors (Lipinski definition) is 0. The van der Waals surface area contributed by atoms with Crippen molar-refractivity contribution in [3.63, 3.8) is 0 Å². The smallest absolute Gasteiger partial charge is 0.135 e. The number of halogens is 2. The van der Waals surface area contributed by atoms with Crippen LogP contribution in [0.25, 0.3) is 0 Å². The third-order valence-corrected chi connectivity index (χ3v) is 4.36. The van der Waals surface area contributed by atoms with Crippen molar-refractivity contribution in [3.8, 4) is 0 Å². The summed E-state index contributed by atoms with van der Waals surface area (Å²) >= 11 is 12.0. The second-order valence-corrected chi connectivity index (χ2v) is 6.30. The Labute approximate surface area is 140 Å². The van der Waals surface area contributed by atoms with Crippen molar-refractivity contribution in [3.05, 3.63) is 51.3 Å². The molecule has 0 radical (unpaired) electrons. The minimum atomic E-state index is 0.426. The van der Waals surface area contributed by atoms with Gasteiger partial charge in [0, 0.05) is 55.5 Å². The molecule has 116 valence electrons. The van der Waals surface area contributed by atoms with Gasteiger partial charge in [-0.1, -0.05) is 36.2 Å². The van der Waals surface area contributed by atoms with Crippen LogP contribution >= 0.6 is 23.2 Å². The summed E-state index contributed by atoms with van der Waals surface area (Å²) < 4.78 is 0. The lowest BCUT2D eigenvalue weighted by Crippen LogP contribution is -2.31. The highest BCUT2D eigenvalue weighted by Crippen LogP contribution is 2.22. The quantitative estimate of drug-likeness (QED) is 0.798. The number of pyridine rings is 1. The number of nitrogens with zero attached hydrogens (tertiary/aromatic N) is 4. The Morgan fingerprint density at radius 2 is 2.09 bits per heavy atom. The van der Waals surface area contributed by atoms with E-state index in [9.17, 15) is 0 Å². The van der Waals surface area contributed by atoms with Crippen LogP contribution in [-0.2, 0) is 25.9 Å². The van der Waals surface area contributed by atoms with E-state index in [2.05, 4.69) is 26.8 Å². The molecule has 0 N–H and O–H groups in total. The average Bonchev–Trinajstić information content (AvgIpc) is 2.50. The van der Waals surface area contributed by atoms with Crippen molar-refractivity contribution >= 4 is 23.2 Å². The van der Waals surface area contributed by atoms with Crippen molar-refractivity contribution in [2.75, 3.05) is 6.54 Å². The van der Waals surface area contributed by atoms with Crippen molar-refractivity contribution in [2.24, 2.45) is 0 Å². The van der Waals surface area contributed by atoms with Crippen LogP contribution in [0.3, 0.4) is 0 Å². The standard InChI is InChI=1S/C16H18Cl2N4/c1-2-3-15-19-8-12-10-22(7-6-13(12)20-15)9-11-4-5-14(17)21-16(11)18/h4-5,8H,2-3,6-7,9-10H2,1H3. The van der Waals surface area contributed by atoms with Crippen LogP contribution in [0.2, 0.25) is 10.3 Å². The van der Waals surface area contributed by atoms with E-state index in [1.54, 1.807) is 6.07 Å². The first-order chi connectivity index (χ1) is 10.7. The van der Waals surface area contributed by atoms with Crippen LogP contribution < -0.4 is 0 Å². The van der Waals surface area contributed by atoms with Crippen LogP contribution in [0, 0.1) is 0 Å². The molecule has 2 aromatic heterocycles. The van der Waals surface area contributed by atoms with E-state index in [1.807, 2.05) is 12.3 Å². The first-order valence-electron chi connectivity index (χ1n) is 7.52. The Kier molecular flexibility index (Phi) is 4.91. The molecule has 0 spiro atoms. The summed E-state index contributed by atoms with van der Waals surface area (Å²) in [7, 11) is 0. The largest absolute Gasteiger partial charge is 0.294 e. The van der Waals surface area contributed by atoms with Crippen molar-refractivity contribution in [2.45, 2.75) is 39.3 Å². The molecule has 0 unspecified atom stereocenters. The van der Waals surface area contributed by atoms with E-state index in [4.69, 9.17) is 23.2 Å². The molecule has 1 aliphatic rings. The normalized spacial score (nSPS) is 14.9. The molecule has 0 saturated heterocycles. The number of hydrogen-bond acceptors (Lipinski definition) is 4. The Hall–Kier alpha value is -1.23. The summed E-state index contributed by atoms with van der Waals surface area (Å²) in [5.41, 5.74) is 3.40. The highest BCUT2D eigenvalue weighted by Gasteiger charge is 2.19. The lowest BCUT2D eigenvalue weighted by Gasteiger charge is -2.28. The number of aryl methyl sites for hydroxylation is 1. The fourth-order valence-electron chi connectivity index (χ4n) is 2.69. The van der Waals surface area contributed by atoms with E-state index >= 15 is 0 Å². The molecule has 6 heteroatoms. The summed E-state index contributed by atoms with van der Waals surface area (Å²) in [5, 5.41) is 0.905. The molecule has 1 aliphatic heterocycles. The van der Waals surface area contributed by atoms with Crippen LogP contribution in [0.4, 0.5) is 0 Å². The zero-order chi connectivity index (χ0) is 15.5. The maximum absolute atomic E-state index is 6.16. The maximum atomic E-state index is 6.16. The fraction of sp³-hybridized carbons (Fsp3) is 0.438. The number of rotatable bonds is 4. The van der Waals surface area contributed by atoms with Crippen LogP contribution in [0.5, 0.6) is 0 Å². The predicted molar refractivity (Wildman–Crippen MR) is 88.1 cm³/mol. The van der Waals surface area contributed by atoms with Gasteiger partial charge in [0.2, 0.25) is 0 Å². The van der Waals surface area contributed by atoms with Gasteiger partial charge in [0.1, 0.15) is 16.1 Å². The molecule has 0 bridgehead atoms. The summed E-state index contributed by atoms with van der Waals surface area (Å²) in [4.78, 5) is 15.6. The molecule has 0 aromatic carbocycles. The van der Waals surface area contributed by atoms with E-state index in [0.717, 1.165) is 50.3 Å². The minimum absolute atomic E-state index is 0.426. The summed E-state index contributed by atoms with van der Waals surface area (Å²) in [6, 6.07) is 3.72. The molecule has 22 heavy (non-hydrogen) atoms. The van der Waals surface area contributed by atoms with E-state index < -0.39 is 0 Å². The van der Waals surface area contributed by atoms with Gasteiger partial charge < -0.3 is 0 Å². The zero-order valence-corrected chi connectivity index (χ0v) is 14.0. The van der Waals surface area contributed by atoms with Gasteiger partial charge in [-0.15, -0.1) is 0 Å². The SMILES string of the molecule is CCCc1ncc2c(n1)CCN(Cc1ccc(Cl)nc1Cl)C2. The monoisotopic (exact) mass is 336 g/mol. The Morgan fingerprint density at radius 3 is 2.86 bits per heavy atom. The van der Waals surface area contributed by atoms with Gasteiger partial charge >= 0.3 is 0 Å². The first-order valence-corrected chi connectivity index (χ1v) is 8.28. The van der Waals surface area contributed by atoms with E-state index in [1.165, 1.54) is 11.3 Å². The van der Waals surface area contributed by atoms with Crippen molar-refractivity contribution in [1.82, 2.24) is 19.9 Å². The maximum Gasteiger partial charge on any atom is 0.135 e. The summed E-state index contributed by atoms with van der Waals surface area (Å²) in [5.74, 6) is 0.958. The lowest BCUT2D eigenvalue weighted by molar-refractivity contribution is 0.242. The topological polar surface area (TPSA) is 41.9 Å². The van der Waals surface area contributed by atoms with Gasteiger partial charge in [-0.3, -0.25) is 4.90 Å². The summed E-state index contributed by atoms with van der Waals surface area (Å²) in [6.45, 7) is 4.73. The molecule has 4 nitrogen and oxygen atoms in total. The zero-order valence-electron chi connectivity index (χ0n) is 12.5. The molecule has 0 atom stereocenters. The Bertz CT molecular complexity index is 675. The van der Waals surface area contributed by atoms with E-state index in [0.29, 0.717) is 10.3 Å². The van der Waals surface area contributed by atoms with Gasteiger partial charge in [-0.2, -0.15) is 0 Å². The van der Waals surface area contributed by atoms with Gasteiger partial charge in [-0.05, 0) is 12.5 Å². The van der Waals surface area contributed by atoms with Gasteiger partial charge in [0.05, 0.1) is 0 Å². The minimum Gasteiger partial charge on any atom is -0.294 e. The van der Waals surface area contributed by atoms with Gasteiger partial charge in [-0.25, -0.2) is 15.0 Å². The van der Waals surface area contributed by atoms with Crippen molar-refractivity contribution < 1.29 is 0 Å². The summed E-state index contributed by atoms with van der Waals surface area (Å²) in [6.07, 6.45) is 4.95. The number of aromatic nitrogens is 3. The van der Waals surface area contributed by atoms with Crippen molar-refractivity contribution in [1.29, 1.82) is 0 Å². The first kappa shape index (κ1) is 15.7. The molecular weight excluding hydrogens is 319 g/mol. The number of fused-ring (bicyclic) bond motifs is 1. The molecular formula is C16H18Cl2N4. The molecule has 2 aromatic rings.